The highest BCUT2D eigenvalue weighted by Crippen LogP contribution is 2.23. The van der Waals surface area contributed by atoms with Gasteiger partial charge < -0.3 is 45.1 Å². The molecule has 1 heterocycles. The molecule has 0 bridgehead atoms. The fourth-order valence-electron chi connectivity index (χ4n) is 10.3. The van der Waals surface area contributed by atoms with Crippen LogP contribution in [0.2, 0.25) is 0 Å². The number of esters is 1. The third kappa shape index (κ3) is 42.4. The number of aliphatic hydroxyl groups excluding tert-OH is 5. The maximum absolute atomic E-state index is 13.0. The number of nitrogens with one attached hydrogen (secondary N) is 1. The van der Waals surface area contributed by atoms with E-state index < -0.39 is 49.5 Å². The zero-order chi connectivity index (χ0) is 53.8. The van der Waals surface area contributed by atoms with Crippen LogP contribution in [0.4, 0.5) is 0 Å². The van der Waals surface area contributed by atoms with E-state index in [2.05, 4.69) is 19.2 Å². The van der Waals surface area contributed by atoms with Gasteiger partial charge in [-0.1, -0.05) is 283 Å². The maximum atomic E-state index is 13.0. The van der Waals surface area contributed by atoms with E-state index >= 15 is 0 Å². The van der Waals surface area contributed by atoms with Crippen molar-refractivity contribution < 1.29 is 49.3 Å². The molecule has 0 aliphatic carbocycles. The molecule has 1 amide bonds. The quantitative estimate of drug-likeness (QED) is 0.0195. The molecule has 0 aromatic carbocycles. The number of unbranched alkanes of at least 4 members (excludes halogenated alkanes) is 42. The zero-order valence-corrected chi connectivity index (χ0v) is 48.3. The second kappa shape index (κ2) is 53.4. The van der Waals surface area contributed by atoms with Crippen LogP contribution in [-0.4, -0.2) is 100 Å². The summed E-state index contributed by atoms with van der Waals surface area (Å²) in [5.41, 5.74) is 0. The van der Waals surface area contributed by atoms with Crippen molar-refractivity contribution in [1.82, 2.24) is 5.32 Å². The second-order valence-electron chi connectivity index (χ2n) is 22.5. The molecule has 0 spiro atoms. The number of aliphatic hydroxyl groups is 5. The Labute approximate surface area is 455 Å². The standard InChI is InChI=1S/C63H121NO10/c1-3-5-7-9-11-13-14-15-28-31-35-39-43-47-51-59(68)72-52-48-44-40-36-32-29-26-24-22-20-18-16-17-19-21-23-25-27-30-34-38-42-46-50-58(67)64-55(56(66)49-45-41-37-33-12-10-8-6-4-2)54-73-63-62(71)61(70)60(69)57(53-65)74-63/h45,49,55-57,60-63,65-66,69-71H,3-44,46-48,50-54H2,1-2H3,(H,64,67)/b49-45+. The van der Waals surface area contributed by atoms with Crippen molar-refractivity contribution in [3.05, 3.63) is 12.2 Å². The van der Waals surface area contributed by atoms with Crippen molar-refractivity contribution in [1.29, 1.82) is 0 Å². The average Bonchev–Trinajstić information content (AvgIpc) is 3.40. The van der Waals surface area contributed by atoms with Gasteiger partial charge in [-0.15, -0.1) is 0 Å². The van der Waals surface area contributed by atoms with E-state index in [-0.39, 0.29) is 18.5 Å². The Morgan fingerprint density at radius 1 is 0.486 bits per heavy atom. The van der Waals surface area contributed by atoms with E-state index in [1.807, 2.05) is 6.08 Å². The number of allylic oxidation sites excluding steroid dienone is 1. The summed E-state index contributed by atoms with van der Waals surface area (Å²) in [4.78, 5) is 25.1. The maximum Gasteiger partial charge on any atom is 0.305 e. The molecular weight excluding hydrogens is 931 g/mol. The third-order valence-corrected chi connectivity index (χ3v) is 15.4. The molecule has 6 N–H and O–H groups in total. The van der Waals surface area contributed by atoms with Crippen molar-refractivity contribution in [2.45, 2.75) is 358 Å². The Morgan fingerprint density at radius 3 is 1.26 bits per heavy atom. The van der Waals surface area contributed by atoms with Crippen molar-refractivity contribution >= 4 is 11.9 Å². The van der Waals surface area contributed by atoms with Crippen LogP contribution in [0.5, 0.6) is 0 Å². The minimum atomic E-state index is -1.57. The topological polar surface area (TPSA) is 175 Å². The van der Waals surface area contributed by atoms with E-state index in [0.717, 1.165) is 57.8 Å². The fourth-order valence-corrected chi connectivity index (χ4v) is 10.3. The highest BCUT2D eigenvalue weighted by Gasteiger charge is 2.44. The van der Waals surface area contributed by atoms with Crippen molar-refractivity contribution in [3.8, 4) is 0 Å². The van der Waals surface area contributed by atoms with Crippen LogP contribution in [-0.2, 0) is 23.8 Å². The zero-order valence-electron chi connectivity index (χ0n) is 48.3. The van der Waals surface area contributed by atoms with Crippen LogP contribution < -0.4 is 5.32 Å². The van der Waals surface area contributed by atoms with E-state index in [1.165, 1.54) is 231 Å². The molecule has 1 aliphatic heterocycles. The van der Waals surface area contributed by atoms with Crippen LogP contribution in [0.15, 0.2) is 12.2 Å². The Hall–Kier alpha value is -1.60. The summed E-state index contributed by atoms with van der Waals surface area (Å²) in [6, 6.07) is -0.807. The number of amides is 1. The molecule has 1 saturated heterocycles. The monoisotopic (exact) mass is 1050 g/mol. The van der Waals surface area contributed by atoms with Crippen LogP contribution in [0.1, 0.15) is 316 Å². The lowest BCUT2D eigenvalue weighted by Gasteiger charge is -2.40. The minimum absolute atomic E-state index is 0.00540. The van der Waals surface area contributed by atoms with Crippen LogP contribution in [0, 0.1) is 0 Å². The largest absolute Gasteiger partial charge is 0.466 e. The van der Waals surface area contributed by atoms with E-state index in [0.29, 0.717) is 19.4 Å². The highest BCUT2D eigenvalue weighted by atomic mass is 16.7. The number of rotatable bonds is 56. The van der Waals surface area contributed by atoms with Crippen LogP contribution >= 0.6 is 0 Å². The first-order chi connectivity index (χ1) is 36.2. The van der Waals surface area contributed by atoms with Gasteiger partial charge in [0.2, 0.25) is 5.91 Å². The average molecular weight is 1050 g/mol. The Morgan fingerprint density at radius 2 is 0.851 bits per heavy atom. The Balaban J connectivity index is 1.96. The molecule has 0 radical (unpaired) electrons. The van der Waals surface area contributed by atoms with Crippen molar-refractivity contribution in [3.63, 3.8) is 0 Å². The normalized spacial score (nSPS) is 18.8. The van der Waals surface area contributed by atoms with Crippen molar-refractivity contribution in [2.75, 3.05) is 19.8 Å². The van der Waals surface area contributed by atoms with E-state index in [4.69, 9.17) is 14.2 Å². The second-order valence-corrected chi connectivity index (χ2v) is 22.5. The summed E-state index contributed by atoms with van der Waals surface area (Å²) in [6.45, 7) is 4.34. The lowest BCUT2D eigenvalue weighted by Crippen LogP contribution is -2.60. The van der Waals surface area contributed by atoms with Gasteiger partial charge in [0, 0.05) is 12.8 Å². The van der Waals surface area contributed by atoms with Gasteiger partial charge in [0.1, 0.15) is 24.4 Å². The van der Waals surface area contributed by atoms with Gasteiger partial charge in [-0.25, -0.2) is 0 Å². The summed E-state index contributed by atoms with van der Waals surface area (Å²) in [5, 5.41) is 54.2. The summed E-state index contributed by atoms with van der Waals surface area (Å²) in [6.07, 6.45) is 53.3. The number of ether oxygens (including phenoxy) is 3. The van der Waals surface area contributed by atoms with Gasteiger partial charge >= 0.3 is 5.97 Å². The third-order valence-electron chi connectivity index (χ3n) is 15.4. The number of carbonyl (C=O) groups excluding carboxylic acids is 2. The highest BCUT2D eigenvalue weighted by molar-refractivity contribution is 5.76. The molecule has 7 unspecified atom stereocenters. The molecule has 438 valence electrons. The molecule has 0 saturated carbocycles. The van der Waals surface area contributed by atoms with Gasteiger partial charge in [-0.05, 0) is 32.1 Å². The van der Waals surface area contributed by atoms with Gasteiger partial charge in [0.05, 0.1) is 32.0 Å². The van der Waals surface area contributed by atoms with Crippen LogP contribution in [0.25, 0.3) is 0 Å². The Kier molecular flexibility index (Phi) is 50.8. The van der Waals surface area contributed by atoms with Gasteiger partial charge in [-0.2, -0.15) is 0 Å². The molecule has 1 aliphatic rings. The number of carbonyl (C=O) groups is 2. The predicted molar refractivity (Wildman–Crippen MR) is 306 cm³/mol. The summed E-state index contributed by atoms with van der Waals surface area (Å²) >= 11 is 0. The molecule has 11 nitrogen and oxygen atoms in total. The SMILES string of the molecule is CCCCCCCCC/C=C/C(O)C(COC1OC(CO)C(O)C(O)C1O)NC(=O)CCCCCCCCCCCCCCCCCCCCCCCCCOC(=O)CCCCCCCCCCCCCCCC. The fraction of sp³-hybridized carbons (Fsp3) is 0.937. The van der Waals surface area contributed by atoms with Gasteiger partial charge in [0.15, 0.2) is 6.29 Å². The Bertz CT molecular complexity index is 1240. The van der Waals surface area contributed by atoms with Crippen LogP contribution in [0.3, 0.4) is 0 Å². The molecule has 1 rings (SSSR count). The number of hydrogen-bond donors (Lipinski definition) is 6. The molecule has 0 aromatic rings. The van der Waals surface area contributed by atoms with Gasteiger partial charge in [-0.3, -0.25) is 9.59 Å². The van der Waals surface area contributed by atoms with Crippen molar-refractivity contribution in [2.24, 2.45) is 0 Å². The van der Waals surface area contributed by atoms with Gasteiger partial charge in [0.25, 0.3) is 0 Å². The first kappa shape index (κ1) is 70.4. The molecule has 7 atom stereocenters. The van der Waals surface area contributed by atoms with E-state index in [1.54, 1.807) is 6.08 Å². The summed E-state index contributed by atoms with van der Waals surface area (Å²) < 4.78 is 16.7. The molecule has 74 heavy (non-hydrogen) atoms. The van der Waals surface area contributed by atoms with E-state index in [9.17, 15) is 35.1 Å². The number of hydrogen-bond acceptors (Lipinski definition) is 10. The molecule has 11 heteroatoms. The summed E-state index contributed by atoms with van der Waals surface area (Å²) in [5.74, 6) is -0.176. The molecule has 1 fully saturated rings. The molecular formula is C63H121NO10. The molecule has 0 aromatic heterocycles. The first-order valence-electron chi connectivity index (χ1n) is 32.0. The lowest BCUT2D eigenvalue weighted by molar-refractivity contribution is -0.302. The first-order valence-corrected chi connectivity index (χ1v) is 32.0. The summed E-state index contributed by atoms with van der Waals surface area (Å²) in [7, 11) is 0. The predicted octanol–water partition coefficient (Wildman–Crippen LogP) is 15.1. The lowest BCUT2D eigenvalue weighted by atomic mass is 9.99. The smallest absolute Gasteiger partial charge is 0.305 e. The minimum Gasteiger partial charge on any atom is -0.466 e.